The average molecular weight is 614 g/mol. The van der Waals surface area contributed by atoms with Crippen LogP contribution in [-0.2, 0) is 0 Å². The molecule has 1 heterocycles. The monoisotopic (exact) mass is 612 g/mol. The van der Waals surface area contributed by atoms with Crippen molar-refractivity contribution in [1.82, 2.24) is 0 Å². The average Bonchev–Trinajstić information content (AvgIpc) is 3.06. The molecule has 1 aliphatic heterocycles. The number of fused-ring (bicyclic) bond motifs is 9. The second-order valence-electron chi connectivity index (χ2n) is 11.1. The van der Waals surface area contributed by atoms with Crippen molar-refractivity contribution in [3.8, 4) is 0 Å². The number of hydrogen-bond acceptors (Lipinski definition) is 2. The Bertz CT molecular complexity index is 2340. The molecule has 0 radical (unpaired) electrons. The number of nitrogens with zero attached hydrogens (tertiary/aromatic N) is 2. The lowest BCUT2D eigenvalue weighted by atomic mass is 9.93. The van der Waals surface area contributed by atoms with E-state index in [-0.39, 0.29) is 0 Å². The number of halogens is 1. The Hall–Kier alpha value is -5.12. The summed E-state index contributed by atoms with van der Waals surface area (Å²) in [5, 5.41) is 10.1. The van der Waals surface area contributed by atoms with Crippen molar-refractivity contribution >= 4 is 93.1 Å². The lowest BCUT2D eigenvalue weighted by molar-refractivity contribution is 1.17. The summed E-state index contributed by atoms with van der Waals surface area (Å²) in [7, 11) is 0. The van der Waals surface area contributed by atoms with Crippen molar-refractivity contribution in [2.75, 3.05) is 9.80 Å². The molecule has 0 N–H and O–H groups in total. The van der Waals surface area contributed by atoms with Gasteiger partial charge in [-0.05, 0) is 97.7 Å². The Morgan fingerprint density at radius 3 is 1.44 bits per heavy atom. The molecule has 0 amide bonds. The molecule has 0 fully saturated rings. The minimum absolute atomic E-state index is 1.05. The van der Waals surface area contributed by atoms with E-state index in [4.69, 9.17) is 0 Å². The molecule has 0 aromatic heterocycles. The Labute approximate surface area is 258 Å². The molecule has 0 spiro atoms. The Balaban J connectivity index is 1.38. The number of rotatable bonds is 2. The smallest absolute Gasteiger partial charge is 0.0714 e. The highest BCUT2D eigenvalue weighted by molar-refractivity contribution is 9.10. The molecule has 0 saturated carbocycles. The second kappa shape index (κ2) is 9.45. The normalized spacial score (nSPS) is 12.7. The van der Waals surface area contributed by atoms with E-state index in [0.717, 1.165) is 38.6 Å². The van der Waals surface area contributed by atoms with Crippen molar-refractivity contribution < 1.29 is 0 Å². The number of anilines is 6. The molecule has 8 aromatic carbocycles. The molecule has 0 saturated heterocycles. The van der Waals surface area contributed by atoms with E-state index in [0.29, 0.717) is 0 Å². The summed E-state index contributed by atoms with van der Waals surface area (Å²) in [5.41, 5.74) is 6.85. The van der Waals surface area contributed by atoms with Gasteiger partial charge in [0.2, 0.25) is 0 Å². The van der Waals surface area contributed by atoms with Crippen LogP contribution in [0.25, 0.3) is 43.1 Å². The summed E-state index contributed by atoms with van der Waals surface area (Å²) >= 11 is 3.80. The predicted octanol–water partition coefficient (Wildman–Crippen LogP) is 12.3. The summed E-state index contributed by atoms with van der Waals surface area (Å²) < 4.78 is 1.05. The van der Waals surface area contributed by atoms with E-state index in [1.54, 1.807) is 0 Å². The maximum Gasteiger partial charge on any atom is 0.0714 e. The SMILES string of the molecule is Brc1ccc2c(c1)N(c1ccc3c4ccccc4c4ccccc4c3c1)c1cc3ccccc3cc1N2c1ccccc1. The highest BCUT2D eigenvalue weighted by Gasteiger charge is 2.31. The van der Waals surface area contributed by atoms with Gasteiger partial charge in [-0.2, -0.15) is 0 Å². The second-order valence-corrected chi connectivity index (χ2v) is 12.1. The zero-order valence-corrected chi connectivity index (χ0v) is 24.8. The third kappa shape index (κ3) is 3.72. The van der Waals surface area contributed by atoms with Crippen LogP contribution in [0.4, 0.5) is 34.1 Å². The fourth-order valence-corrected chi connectivity index (χ4v) is 7.22. The molecular formula is C40H25BrN2. The molecule has 0 unspecified atom stereocenters. The minimum Gasteiger partial charge on any atom is -0.306 e. The van der Waals surface area contributed by atoms with Gasteiger partial charge in [-0.25, -0.2) is 0 Å². The van der Waals surface area contributed by atoms with E-state index in [9.17, 15) is 0 Å². The maximum atomic E-state index is 3.80. The summed E-state index contributed by atoms with van der Waals surface area (Å²) in [6.07, 6.45) is 0. The highest BCUT2D eigenvalue weighted by Crippen LogP contribution is 2.56. The number of hydrogen-bond donors (Lipinski definition) is 0. The van der Waals surface area contributed by atoms with Gasteiger partial charge in [0, 0.05) is 15.8 Å². The number of para-hydroxylation sites is 1. The summed E-state index contributed by atoms with van der Waals surface area (Å²) in [6, 6.07) is 55.1. The van der Waals surface area contributed by atoms with Gasteiger partial charge in [-0.1, -0.05) is 113 Å². The quantitative estimate of drug-likeness (QED) is 0.179. The van der Waals surface area contributed by atoms with Crippen molar-refractivity contribution in [3.05, 3.63) is 156 Å². The summed E-state index contributed by atoms with van der Waals surface area (Å²) in [6.45, 7) is 0. The van der Waals surface area contributed by atoms with Gasteiger partial charge in [0.05, 0.1) is 22.7 Å². The van der Waals surface area contributed by atoms with Crippen molar-refractivity contribution in [1.29, 1.82) is 0 Å². The molecule has 1 aliphatic rings. The van der Waals surface area contributed by atoms with Gasteiger partial charge < -0.3 is 9.80 Å². The molecule has 8 aromatic rings. The van der Waals surface area contributed by atoms with Crippen LogP contribution in [0.1, 0.15) is 0 Å². The van der Waals surface area contributed by atoms with Crippen LogP contribution in [-0.4, -0.2) is 0 Å². The van der Waals surface area contributed by atoms with Crippen LogP contribution < -0.4 is 9.80 Å². The van der Waals surface area contributed by atoms with Crippen molar-refractivity contribution in [2.24, 2.45) is 0 Å². The van der Waals surface area contributed by atoms with E-state index in [1.165, 1.54) is 43.1 Å². The van der Waals surface area contributed by atoms with E-state index in [1.807, 2.05) is 0 Å². The molecule has 43 heavy (non-hydrogen) atoms. The fraction of sp³-hybridized carbons (Fsp3) is 0. The number of benzene rings is 8. The maximum absolute atomic E-state index is 3.80. The predicted molar refractivity (Wildman–Crippen MR) is 187 cm³/mol. The van der Waals surface area contributed by atoms with Crippen molar-refractivity contribution in [2.45, 2.75) is 0 Å². The fourth-order valence-electron chi connectivity index (χ4n) is 6.87. The minimum atomic E-state index is 1.05. The van der Waals surface area contributed by atoms with Crippen LogP contribution in [0.3, 0.4) is 0 Å². The Morgan fingerprint density at radius 1 is 0.326 bits per heavy atom. The molecule has 0 atom stereocenters. The first kappa shape index (κ1) is 24.5. The van der Waals surface area contributed by atoms with Gasteiger partial charge in [-0.3, -0.25) is 0 Å². The molecule has 202 valence electrons. The van der Waals surface area contributed by atoms with E-state index in [2.05, 4.69) is 177 Å². The first-order valence-electron chi connectivity index (χ1n) is 14.6. The largest absolute Gasteiger partial charge is 0.306 e. The highest BCUT2D eigenvalue weighted by atomic mass is 79.9. The zero-order chi connectivity index (χ0) is 28.5. The third-order valence-electron chi connectivity index (χ3n) is 8.74. The first-order chi connectivity index (χ1) is 21.2. The Kier molecular flexibility index (Phi) is 5.38. The Morgan fingerprint density at radius 2 is 0.814 bits per heavy atom. The summed E-state index contributed by atoms with van der Waals surface area (Å²) in [5.74, 6) is 0. The summed E-state index contributed by atoms with van der Waals surface area (Å²) in [4.78, 5) is 4.83. The van der Waals surface area contributed by atoms with Gasteiger partial charge >= 0.3 is 0 Å². The molecule has 0 bridgehead atoms. The van der Waals surface area contributed by atoms with E-state index >= 15 is 0 Å². The van der Waals surface area contributed by atoms with Crippen LogP contribution in [0.5, 0.6) is 0 Å². The van der Waals surface area contributed by atoms with Crippen LogP contribution in [0, 0.1) is 0 Å². The van der Waals surface area contributed by atoms with Crippen LogP contribution >= 0.6 is 15.9 Å². The van der Waals surface area contributed by atoms with Crippen LogP contribution in [0.15, 0.2) is 156 Å². The van der Waals surface area contributed by atoms with Crippen LogP contribution in [0.2, 0.25) is 0 Å². The first-order valence-corrected chi connectivity index (χ1v) is 15.3. The topological polar surface area (TPSA) is 6.48 Å². The lowest BCUT2D eigenvalue weighted by Crippen LogP contribution is -2.24. The zero-order valence-electron chi connectivity index (χ0n) is 23.2. The molecule has 0 aliphatic carbocycles. The van der Waals surface area contributed by atoms with Crippen molar-refractivity contribution in [3.63, 3.8) is 0 Å². The van der Waals surface area contributed by atoms with Gasteiger partial charge in [-0.15, -0.1) is 0 Å². The van der Waals surface area contributed by atoms with Gasteiger partial charge in [0.15, 0.2) is 0 Å². The third-order valence-corrected chi connectivity index (χ3v) is 9.24. The lowest BCUT2D eigenvalue weighted by Gasteiger charge is -2.41. The van der Waals surface area contributed by atoms with Gasteiger partial charge in [0.1, 0.15) is 0 Å². The van der Waals surface area contributed by atoms with Gasteiger partial charge in [0.25, 0.3) is 0 Å². The molecular weight excluding hydrogens is 588 g/mol. The molecule has 9 rings (SSSR count). The molecule has 3 heteroatoms. The standard InChI is InChI=1S/C40H25BrN2/c41-28-18-21-37-40(24-28)43(39-23-27-11-5-4-10-26(27)22-38(39)42(37)29-12-2-1-3-13-29)30-19-20-35-33-16-7-6-14-31(33)32-15-8-9-17-34(32)36(35)25-30/h1-25H. The molecule has 2 nitrogen and oxygen atoms in total. The van der Waals surface area contributed by atoms with E-state index < -0.39 is 0 Å².